The molecular weight excluding hydrogens is 247 g/mol. The van der Waals surface area contributed by atoms with Crippen molar-refractivity contribution in [2.24, 2.45) is 0 Å². The van der Waals surface area contributed by atoms with Crippen LogP contribution in [-0.2, 0) is 0 Å². The Bertz CT molecular complexity index is 67.8. The molecule has 0 nitrogen and oxygen atoms in total. The predicted octanol–water partition coefficient (Wildman–Crippen LogP) is 2.11. The van der Waals surface area contributed by atoms with Gasteiger partial charge in [-0.15, -0.1) is 0 Å². The third-order valence-electron chi connectivity index (χ3n) is 0.260. The van der Waals surface area contributed by atoms with Gasteiger partial charge in [0.05, 0.1) is 0 Å². The first-order chi connectivity index (χ1) is 3.41. The van der Waals surface area contributed by atoms with Gasteiger partial charge in [-0.25, -0.2) is 0 Å². The summed E-state index contributed by atoms with van der Waals surface area (Å²) in [4.78, 5) is 0. The number of hydrogen-bond donors (Lipinski definition) is 0. The number of halogens is 2. The fraction of sp³-hybridized carbons (Fsp3) is 0. The van der Waals surface area contributed by atoms with E-state index in [0.717, 1.165) is 0 Å². The van der Waals surface area contributed by atoms with E-state index >= 15 is 0 Å². The van der Waals surface area contributed by atoms with Crippen molar-refractivity contribution in [2.75, 3.05) is 0 Å². The van der Waals surface area contributed by atoms with Crippen LogP contribution in [0.4, 0.5) is 0 Å². The van der Waals surface area contributed by atoms with Crippen molar-refractivity contribution in [3.8, 4) is 0 Å². The van der Waals surface area contributed by atoms with Crippen LogP contribution in [0.5, 0.6) is 0 Å². The van der Waals surface area contributed by atoms with E-state index < -0.39 is 0 Å². The van der Waals surface area contributed by atoms with Crippen molar-refractivity contribution in [2.45, 2.75) is 0 Å². The Morgan fingerprint density at radius 1 is 1.00 bits per heavy atom. The van der Waals surface area contributed by atoms with Gasteiger partial charge in [0.1, 0.15) is 0 Å². The summed E-state index contributed by atoms with van der Waals surface area (Å²) in [5, 5.41) is 0. The molecule has 0 aliphatic heterocycles. The van der Waals surface area contributed by atoms with E-state index in [0.29, 0.717) is 0 Å². The molecule has 0 radical (unpaired) electrons. The second-order valence-corrected chi connectivity index (χ2v) is 3.49. The molecule has 0 N–H and O–H groups in total. The molecule has 3 heteroatoms. The van der Waals surface area contributed by atoms with Crippen LogP contribution in [0.1, 0.15) is 0 Å². The van der Waals surface area contributed by atoms with Gasteiger partial charge in [0.15, 0.2) is 0 Å². The van der Waals surface area contributed by atoms with Crippen molar-refractivity contribution < 1.29 is 0 Å². The van der Waals surface area contributed by atoms with Gasteiger partial charge in [0.2, 0.25) is 0 Å². The summed E-state index contributed by atoms with van der Waals surface area (Å²) < 4.78 is 3.87. The molecule has 0 rings (SSSR count). The van der Waals surface area contributed by atoms with Gasteiger partial charge < -0.3 is 0 Å². The normalized spacial score (nSPS) is 11.7. The molecule has 0 fully saturated rings. The van der Waals surface area contributed by atoms with Gasteiger partial charge in [-0.1, -0.05) is 0 Å². The first kappa shape index (κ1) is 7.85. The fourth-order valence-electron chi connectivity index (χ4n) is 0.105. The minimum atomic E-state index is -0.148. The Hall–Kier alpha value is 0.850. The quantitative estimate of drug-likeness (QED) is 0.659. The van der Waals surface area contributed by atoms with Crippen LogP contribution >= 0.6 is 23.2 Å². The summed E-state index contributed by atoms with van der Waals surface area (Å²) in [6.07, 6.45) is 0. The average Bonchev–Trinajstić information content (AvgIpc) is 1.69. The molecular formula is C4H4Cl2Te. The Morgan fingerprint density at radius 2 is 1.43 bits per heavy atom. The second-order valence-electron chi connectivity index (χ2n) is 0.660. The maximum atomic E-state index is 5.21. The van der Waals surface area contributed by atoms with Crippen LogP contribution < -0.4 is 0 Å². The maximum absolute atomic E-state index is 5.21. The molecule has 0 saturated heterocycles. The molecule has 0 atom stereocenters. The van der Waals surface area contributed by atoms with Crippen molar-refractivity contribution in [1.82, 2.24) is 0 Å². The SMILES string of the molecule is ClC=C[Te]C=CCl. The molecule has 0 aromatic carbocycles. The summed E-state index contributed by atoms with van der Waals surface area (Å²) in [6.45, 7) is 0. The summed E-state index contributed by atoms with van der Waals surface area (Å²) in [5.74, 6) is 0. The molecule has 0 unspecified atom stereocenters. The van der Waals surface area contributed by atoms with Gasteiger partial charge in [-0.2, -0.15) is 0 Å². The molecule has 0 spiro atoms. The summed E-state index contributed by atoms with van der Waals surface area (Å²) in [5.41, 5.74) is 3.05. The molecule has 0 amide bonds. The van der Waals surface area contributed by atoms with Gasteiger partial charge in [0, 0.05) is 0 Å². The predicted molar refractivity (Wildman–Crippen MR) is 35.7 cm³/mol. The Morgan fingerprint density at radius 3 is 1.71 bits per heavy atom. The topological polar surface area (TPSA) is 0 Å². The van der Waals surface area contributed by atoms with Crippen LogP contribution in [-0.4, -0.2) is 20.9 Å². The van der Waals surface area contributed by atoms with Crippen molar-refractivity contribution >= 4 is 44.1 Å². The first-order valence-corrected chi connectivity index (χ1v) is 5.14. The van der Waals surface area contributed by atoms with Crippen LogP contribution in [0, 0.1) is 0 Å². The molecule has 7 heavy (non-hydrogen) atoms. The van der Waals surface area contributed by atoms with Crippen molar-refractivity contribution in [3.05, 3.63) is 19.3 Å². The molecule has 0 saturated carbocycles. The number of rotatable bonds is 2. The van der Waals surface area contributed by atoms with Crippen molar-refractivity contribution in [1.29, 1.82) is 0 Å². The summed E-state index contributed by atoms with van der Waals surface area (Å²) >= 11 is 10.3. The van der Waals surface area contributed by atoms with E-state index in [1.165, 1.54) is 11.1 Å². The second kappa shape index (κ2) is 6.85. The zero-order valence-corrected chi connectivity index (χ0v) is 7.32. The van der Waals surface area contributed by atoms with Gasteiger partial charge in [-0.05, 0) is 0 Å². The van der Waals surface area contributed by atoms with E-state index in [9.17, 15) is 0 Å². The van der Waals surface area contributed by atoms with Crippen LogP contribution in [0.25, 0.3) is 0 Å². The number of hydrogen-bond acceptors (Lipinski definition) is 0. The molecule has 0 aliphatic rings. The van der Waals surface area contributed by atoms with E-state index in [-0.39, 0.29) is 20.9 Å². The van der Waals surface area contributed by atoms with Gasteiger partial charge in [-0.3, -0.25) is 0 Å². The average molecular weight is 251 g/mol. The molecule has 0 aromatic heterocycles. The van der Waals surface area contributed by atoms with E-state index in [1.54, 1.807) is 0 Å². The van der Waals surface area contributed by atoms with Crippen LogP contribution in [0.2, 0.25) is 0 Å². The summed E-state index contributed by atoms with van der Waals surface area (Å²) in [7, 11) is 0. The molecule has 0 bridgehead atoms. The van der Waals surface area contributed by atoms with Crippen LogP contribution in [0.15, 0.2) is 19.3 Å². The van der Waals surface area contributed by atoms with Crippen LogP contribution in [0.3, 0.4) is 0 Å². The van der Waals surface area contributed by atoms with Crippen molar-refractivity contribution in [3.63, 3.8) is 0 Å². The molecule has 0 aliphatic carbocycles. The Labute approximate surface area is 63.3 Å². The summed E-state index contributed by atoms with van der Waals surface area (Å²) in [6, 6.07) is 0. The van der Waals surface area contributed by atoms with E-state index in [4.69, 9.17) is 23.2 Å². The third kappa shape index (κ3) is 6.85. The fourth-order valence-corrected chi connectivity index (χ4v) is 1.50. The third-order valence-corrected chi connectivity index (χ3v) is 3.12. The monoisotopic (exact) mass is 252 g/mol. The Balaban J connectivity index is 2.98. The first-order valence-electron chi connectivity index (χ1n) is 1.57. The zero-order valence-electron chi connectivity index (χ0n) is 3.47. The minimum absolute atomic E-state index is 0.148. The van der Waals surface area contributed by atoms with E-state index in [2.05, 4.69) is 0 Å². The molecule has 0 heterocycles. The molecule has 0 aromatic rings. The Kier molecular flexibility index (Phi) is 7.68. The zero-order chi connectivity index (χ0) is 5.54. The molecule has 40 valence electrons. The van der Waals surface area contributed by atoms with Gasteiger partial charge in [0.25, 0.3) is 0 Å². The van der Waals surface area contributed by atoms with E-state index in [1.807, 2.05) is 8.25 Å². The van der Waals surface area contributed by atoms with Gasteiger partial charge >= 0.3 is 63.4 Å². The standard InChI is InChI=1S/C4H4Cl2Te/c5-1-3-7-4-2-6/h1-4H.